The normalized spacial score (nSPS) is 23.8. The molecule has 0 amide bonds. The molecule has 0 aromatic heterocycles. The molecule has 7 heteroatoms. The van der Waals surface area contributed by atoms with E-state index in [-0.39, 0.29) is 48.3 Å². The van der Waals surface area contributed by atoms with E-state index < -0.39 is 36.3 Å². The maximum Gasteiger partial charge on any atom is 2.00 e. The van der Waals surface area contributed by atoms with Crippen molar-refractivity contribution in [2.45, 2.75) is 12.2 Å². The predicted octanol–water partition coefficient (Wildman–Crippen LogP) is -1.56. The third kappa shape index (κ3) is 2.58. The smallest absolute Gasteiger partial charge is 1.00 e. The molecular formula is C6H10O6Sr. The number of hydrogen-bond acceptors (Lipinski definition) is 6. The van der Waals surface area contributed by atoms with E-state index in [1.807, 2.05) is 0 Å². The largest absolute Gasteiger partial charge is 2.00 e. The first-order valence-corrected chi connectivity index (χ1v) is 3.20. The van der Waals surface area contributed by atoms with Crippen LogP contribution in [0.2, 0.25) is 0 Å². The van der Waals surface area contributed by atoms with Gasteiger partial charge in [-0.2, -0.15) is 0 Å². The van der Waals surface area contributed by atoms with Gasteiger partial charge in [-0.15, -0.1) is 0 Å². The summed E-state index contributed by atoms with van der Waals surface area (Å²) in [6.07, 6.45) is -2.78. The minimum Gasteiger partial charge on any atom is -1.00 e. The Bertz CT molecular complexity index is 246. The molecule has 13 heavy (non-hydrogen) atoms. The molecular weight excluding hydrogens is 256 g/mol. The first-order chi connectivity index (χ1) is 5.57. The fourth-order valence-corrected chi connectivity index (χ4v) is 0.823. The number of carbonyl (C=O) groups is 1. The molecule has 4 N–H and O–H groups in total. The topological polar surface area (TPSA) is 107 Å². The zero-order valence-corrected chi connectivity index (χ0v) is 10.2. The average molecular weight is 266 g/mol. The van der Waals surface area contributed by atoms with Gasteiger partial charge in [0, 0.05) is 0 Å². The van der Waals surface area contributed by atoms with E-state index in [1.54, 1.807) is 0 Å². The summed E-state index contributed by atoms with van der Waals surface area (Å²) >= 11 is 0. The zero-order valence-electron chi connectivity index (χ0n) is 8.67. The number of hydrogen-bond donors (Lipinski definition) is 4. The van der Waals surface area contributed by atoms with E-state index >= 15 is 0 Å². The second-order valence-electron chi connectivity index (χ2n) is 2.31. The van der Waals surface area contributed by atoms with E-state index in [2.05, 4.69) is 4.74 Å². The number of carbonyl (C=O) groups excluding carboxylic acids is 1. The monoisotopic (exact) mass is 266 g/mol. The number of aliphatic hydroxyl groups is 4. The second kappa shape index (κ2) is 5.18. The Morgan fingerprint density at radius 1 is 1.54 bits per heavy atom. The Labute approximate surface area is 114 Å². The van der Waals surface area contributed by atoms with Crippen molar-refractivity contribution in [1.29, 1.82) is 0 Å². The Hall–Kier alpha value is 0.211. The fourth-order valence-electron chi connectivity index (χ4n) is 0.823. The number of aliphatic hydroxyl groups excluding tert-OH is 4. The maximum absolute atomic E-state index is 10.5. The van der Waals surface area contributed by atoms with E-state index in [0.717, 1.165) is 0 Å². The van der Waals surface area contributed by atoms with Crippen molar-refractivity contribution in [2.75, 3.05) is 6.61 Å². The second-order valence-corrected chi connectivity index (χ2v) is 2.31. The van der Waals surface area contributed by atoms with Crippen LogP contribution in [0.25, 0.3) is 0 Å². The summed E-state index contributed by atoms with van der Waals surface area (Å²) in [7, 11) is 0. The molecule has 6 nitrogen and oxygen atoms in total. The molecule has 1 aliphatic rings. The number of esters is 1. The van der Waals surface area contributed by atoms with E-state index in [1.165, 1.54) is 0 Å². The molecule has 0 spiro atoms. The van der Waals surface area contributed by atoms with Crippen LogP contribution in [0, 0.1) is 0 Å². The summed E-state index contributed by atoms with van der Waals surface area (Å²) < 4.78 is 4.32. The van der Waals surface area contributed by atoms with E-state index in [9.17, 15) is 4.79 Å². The third-order valence-corrected chi connectivity index (χ3v) is 1.48. The van der Waals surface area contributed by atoms with Crippen LogP contribution >= 0.6 is 0 Å². The van der Waals surface area contributed by atoms with Gasteiger partial charge in [0.2, 0.25) is 5.76 Å². The minimum atomic E-state index is -1.42. The number of rotatable bonds is 2. The first-order valence-electron chi connectivity index (χ1n) is 3.20. The third-order valence-electron chi connectivity index (χ3n) is 1.48. The molecule has 72 valence electrons. The molecule has 1 rings (SSSR count). The van der Waals surface area contributed by atoms with Gasteiger partial charge in [0.05, 0.1) is 6.61 Å². The SMILES string of the molecule is O=C1O[C@H](C(O)CO)C(O)=C1O.[H-].[H-].[Sr+2]. The molecule has 0 bridgehead atoms. The fraction of sp³-hybridized carbons (Fsp3) is 0.500. The van der Waals surface area contributed by atoms with Crippen molar-refractivity contribution in [3.05, 3.63) is 11.5 Å². The molecule has 1 aliphatic heterocycles. The van der Waals surface area contributed by atoms with Gasteiger partial charge in [-0.05, 0) is 0 Å². The van der Waals surface area contributed by atoms with Crippen molar-refractivity contribution in [1.82, 2.24) is 0 Å². The Morgan fingerprint density at radius 3 is 2.38 bits per heavy atom. The van der Waals surface area contributed by atoms with Crippen molar-refractivity contribution < 1.29 is 32.8 Å². The standard InChI is InChI=1S/C6H8O6.Sr.2H/c7-1-2(8)5-3(9)4(10)6(11)12-5;;;/h2,5,7-10H,1H2;;;/q;+2;2*-1/t2?,5-;;;/m1.../s1. The van der Waals surface area contributed by atoms with Crippen molar-refractivity contribution in [2.24, 2.45) is 0 Å². The maximum atomic E-state index is 10.5. The minimum absolute atomic E-state index is 0. The summed E-state index contributed by atoms with van der Waals surface area (Å²) in [5.74, 6) is -2.78. The molecule has 2 atom stereocenters. The van der Waals surface area contributed by atoms with Gasteiger partial charge >= 0.3 is 51.5 Å². The molecule has 1 heterocycles. The van der Waals surface area contributed by atoms with E-state index in [4.69, 9.17) is 20.4 Å². The summed E-state index contributed by atoms with van der Waals surface area (Å²) in [6, 6.07) is 0. The van der Waals surface area contributed by atoms with Crippen LogP contribution < -0.4 is 0 Å². The van der Waals surface area contributed by atoms with Crippen LogP contribution in [0.1, 0.15) is 2.85 Å². The summed E-state index contributed by atoms with van der Waals surface area (Å²) in [6.45, 7) is -0.671. The van der Waals surface area contributed by atoms with Crippen LogP contribution in [0.4, 0.5) is 0 Å². The summed E-state index contributed by atoms with van der Waals surface area (Å²) in [5, 5.41) is 35.0. The van der Waals surface area contributed by atoms with Crippen LogP contribution in [-0.2, 0) is 9.53 Å². The van der Waals surface area contributed by atoms with Gasteiger partial charge in [0.1, 0.15) is 6.10 Å². The van der Waals surface area contributed by atoms with Gasteiger partial charge in [-0.25, -0.2) is 4.79 Å². The predicted molar refractivity (Wildman–Crippen MR) is 43.2 cm³/mol. The Balaban J connectivity index is -0.000000480. The van der Waals surface area contributed by atoms with Gasteiger partial charge in [-0.1, -0.05) is 0 Å². The van der Waals surface area contributed by atoms with Crippen LogP contribution in [0.5, 0.6) is 0 Å². The Kier molecular flexibility index (Phi) is 5.26. The molecule has 0 fully saturated rings. The zero-order chi connectivity index (χ0) is 9.30. The molecule has 0 saturated carbocycles. The average Bonchev–Trinajstić information content (AvgIpc) is 2.32. The van der Waals surface area contributed by atoms with Crippen LogP contribution in [0.15, 0.2) is 11.5 Å². The van der Waals surface area contributed by atoms with Crippen molar-refractivity contribution >= 4 is 51.5 Å². The quantitative estimate of drug-likeness (QED) is 0.355. The van der Waals surface area contributed by atoms with Gasteiger partial charge in [0.25, 0.3) is 0 Å². The Morgan fingerprint density at radius 2 is 2.08 bits per heavy atom. The number of cyclic esters (lactones) is 1. The van der Waals surface area contributed by atoms with Gasteiger partial charge < -0.3 is 28.0 Å². The first kappa shape index (κ1) is 13.2. The van der Waals surface area contributed by atoms with Gasteiger partial charge in [0.15, 0.2) is 11.9 Å². The van der Waals surface area contributed by atoms with Crippen molar-refractivity contribution in [3.63, 3.8) is 0 Å². The molecule has 1 unspecified atom stereocenters. The van der Waals surface area contributed by atoms with E-state index in [0.29, 0.717) is 0 Å². The van der Waals surface area contributed by atoms with Gasteiger partial charge in [-0.3, -0.25) is 0 Å². The molecule has 0 aromatic rings. The van der Waals surface area contributed by atoms with Crippen LogP contribution in [0.3, 0.4) is 0 Å². The molecule has 0 aromatic carbocycles. The summed E-state index contributed by atoms with van der Waals surface area (Å²) in [4.78, 5) is 10.5. The van der Waals surface area contributed by atoms with Crippen LogP contribution in [-0.4, -0.2) is 90.7 Å². The van der Waals surface area contributed by atoms with Crippen molar-refractivity contribution in [3.8, 4) is 0 Å². The molecule has 0 saturated heterocycles. The summed E-state index contributed by atoms with van der Waals surface area (Å²) in [5.41, 5.74) is 0. The molecule has 0 aliphatic carbocycles. The molecule has 0 radical (unpaired) electrons. The number of ether oxygens (including phenoxy) is 1.